The summed E-state index contributed by atoms with van der Waals surface area (Å²) in [6.07, 6.45) is 0. The third kappa shape index (κ3) is 1.33. The molecule has 0 atom stereocenters. The van der Waals surface area contributed by atoms with Crippen LogP contribution in [0.5, 0.6) is 0 Å². The molecule has 0 aliphatic heterocycles. The summed E-state index contributed by atoms with van der Waals surface area (Å²) < 4.78 is 2.54. The summed E-state index contributed by atoms with van der Waals surface area (Å²) in [5.41, 5.74) is 0. The van der Waals surface area contributed by atoms with Gasteiger partial charge in [-0.25, -0.2) is 0 Å². The molecule has 1 rings (SSSR count). The Hall–Kier alpha value is 0.777. The van der Waals surface area contributed by atoms with Gasteiger partial charge in [0.25, 0.3) is 0 Å². The average Bonchev–Trinajstić information content (AvgIpc) is 1.91. The topological polar surface area (TPSA) is 0 Å². The summed E-state index contributed by atoms with van der Waals surface area (Å²) in [6, 6.07) is 0. The van der Waals surface area contributed by atoms with Crippen LogP contribution in [-0.4, -0.2) is 17.7 Å². The second kappa shape index (κ2) is 2.37. The quantitative estimate of drug-likeness (QED) is 0.513. The van der Waals surface area contributed by atoms with E-state index in [1.165, 1.54) is 8.71 Å². The molecule has 3 heteroatoms. The normalized spacial score (nSPS) is 9.57. The van der Waals surface area contributed by atoms with Crippen LogP contribution in [0.1, 0.15) is 0 Å². The molecule has 0 aliphatic rings. The molecule has 0 aromatic carbocycles. The van der Waals surface area contributed by atoms with Crippen molar-refractivity contribution in [3.8, 4) is 0 Å². The SMILES string of the molecule is [Li][c]1cscc1Br. The summed E-state index contributed by atoms with van der Waals surface area (Å²) in [4.78, 5) is 0. The summed E-state index contributed by atoms with van der Waals surface area (Å²) in [5.74, 6) is 0. The molecule has 0 aliphatic carbocycles. The van der Waals surface area contributed by atoms with Gasteiger partial charge in [-0.2, -0.15) is 0 Å². The first-order chi connectivity index (χ1) is 3.30. The summed E-state index contributed by atoms with van der Waals surface area (Å²) in [5, 5.41) is 4.19. The average molecular weight is 169 g/mol. The van der Waals surface area contributed by atoms with E-state index in [1.54, 1.807) is 11.3 Å². The van der Waals surface area contributed by atoms with E-state index in [1.807, 2.05) is 0 Å². The molecule has 0 saturated heterocycles. The van der Waals surface area contributed by atoms with Gasteiger partial charge in [-0.1, -0.05) is 0 Å². The molecular formula is C4H2BrLiS. The van der Waals surface area contributed by atoms with Gasteiger partial charge in [0.15, 0.2) is 0 Å². The maximum atomic E-state index is 3.38. The monoisotopic (exact) mass is 168 g/mol. The number of halogens is 1. The molecule has 7 heavy (non-hydrogen) atoms. The predicted molar refractivity (Wildman–Crippen MR) is 37.4 cm³/mol. The van der Waals surface area contributed by atoms with Crippen LogP contribution in [-0.2, 0) is 0 Å². The van der Waals surface area contributed by atoms with Crippen molar-refractivity contribution in [2.75, 3.05) is 0 Å². The fourth-order valence-corrected chi connectivity index (χ4v) is 1.64. The van der Waals surface area contributed by atoms with E-state index < -0.39 is 0 Å². The van der Waals surface area contributed by atoms with Gasteiger partial charge in [-0.3, -0.25) is 0 Å². The van der Waals surface area contributed by atoms with Crippen LogP contribution in [0.3, 0.4) is 0 Å². The molecule has 1 aromatic rings. The number of thiophene rings is 1. The van der Waals surface area contributed by atoms with Gasteiger partial charge < -0.3 is 0 Å². The molecule has 1 aromatic heterocycles. The molecule has 0 saturated carbocycles. The van der Waals surface area contributed by atoms with Crippen LogP contribution in [0.25, 0.3) is 0 Å². The number of hydrogen-bond donors (Lipinski definition) is 0. The molecule has 1 heterocycles. The van der Waals surface area contributed by atoms with Crippen molar-refractivity contribution in [1.82, 2.24) is 0 Å². The predicted octanol–water partition coefficient (Wildman–Crippen LogP) is 1.30. The molecule has 0 fully saturated rings. The van der Waals surface area contributed by atoms with Crippen molar-refractivity contribution in [2.45, 2.75) is 0 Å². The fraction of sp³-hybridized carbons (Fsp3) is 0. The van der Waals surface area contributed by atoms with Crippen molar-refractivity contribution in [3.63, 3.8) is 0 Å². The Morgan fingerprint density at radius 3 is 2.43 bits per heavy atom. The Bertz CT molecular complexity index is 144. The van der Waals surface area contributed by atoms with Crippen LogP contribution in [0.2, 0.25) is 0 Å². The van der Waals surface area contributed by atoms with Gasteiger partial charge in [0.2, 0.25) is 0 Å². The van der Waals surface area contributed by atoms with E-state index in [4.69, 9.17) is 0 Å². The first-order valence-corrected chi connectivity index (χ1v) is 3.72. The van der Waals surface area contributed by atoms with Crippen LogP contribution in [0.4, 0.5) is 0 Å². The summed E-state index contributed by atoms with van der Waals surface area (Å²) >= 11 is 7.18. The molecule has 0 nitrogen and oxygen atoms in total. The van der Waals surface area contributed by atoms with Gasteiger partial charge in [0.05, 0.1) is 0 Å². The Labute approximate surface area is 64.3 Å². The van der Waals surface area contributed by atoms with E-state index in [0.717, 1.165) is 0 Å². The number of rotatable bonds is 0. The van der Waals surface area contributed by atoms with Gasteiger partial charge in [0.1, 0.15) is 0 Å². The molecule has 0 radical (unpaired) electrons. The molecule has 0 amide bonds. The molecule has 0 N–H and O–H groups in total. The van der Waals surface area contributed by atoms with E-state index in [0.29, 0.717) is 0 Å². The molecule has 0 spiro atoms. The number of hydrogen-bond acceptors (Lipinski definition) is 1. The third-order valence-corrected chi connectivity index (χ3v) is 2.81. The van der Waals surface area contributed by atoms with E-state index >= 15 is 0 Å². The Balaban J connectivity index is 3.12. The van der Waals surface area contributed by atoms with Crippen LogP contribution >= 0.6 is 27.3 Å². The van der Waals surface area contributed by atoms with Crippen LogP contribution < -0.4 is 4.24 Å². The van der Waals surface area contributed by atoms with Gasteiger partial charge >= 0.3 is 64.5 Å². The fourth-order valence-electron chi connectivity index (χ4n) is 0.345. The molecule has 0 bridgehead atoms. The first-order valence-electron chi connectivity index (χ1n) is 1.99. The second-order valence-electron chi connectivity index (χ2n) is 1.40. The Morgan fingerprint density at radius 2 is 2.29 bits per heavy atom. The van der Waals surface area contributed by atoms with Crippen molar-refractivity contribution < 1.29 is 0 Å². The van der Waals surface area contributed by atoms with Gasteiger partial charge in [-0.05, 0) is 0 Å². The van der Waals surface area contributed by atoms with Gasteiger partial charge in [0, 0.05) is 0 Å². The van der Waals surface area contributed by atoms with Gasteiger partial charge in [-0.15, -0.1) is 0 Å². The zero-order valence-electron chi connectivity index (χ0n) is 3.94. The van der Waals surface area contributed by atoms with E-state index in [9.17, 15) is 0 Å². The molecule has 32 valence electrons. The first kappa shape index (κ1) is 5.91. The second-order valence-corrected chi connectivity index (χ2v) is 3.00. The summed E-state index contributed by atoms with van der Waals surface area (Å²) in [7, 11) is 0. The minimum absolute atomic E-state index is 1.22. The van der Waals surface area contributed by atoms with E-state index in [2.05, 4.69) is 44.4 Å². The van der Waals surface area contributed by atoms with Crippen LogP contribution in [0.15, 0.2) is 15.2 Å². The Kier molecular flexibility index (Phi) is 2.00. The van der Waals surface area contributed by atoms with E-state index in [-0.39, 0.29) is 0 Å². The third-order valence-electron chi connectivity index (χ3n) is 0.793. The standard InChI is InChI=1S/C4H2BrS.Li/c5-4-1-2-6-3-4;/h2-3H;. The van der Waals surface area contributed by atoms with Crippen molar-refractivity contribution >= 4 is 49.2 Å². The maximum absolute atomic E-state index is 3.38. The summed E-state index contributed by atoms with van der Waals surface area (Å²) in [6.45, 7) is 0. The van der Waals surface area contributed by atoms with Crippen molar-refractivity contribution in [2.24, 2.45) is 0 Å². The Morgan fingerprint density at radius 1 is 1.57 bits per heavy atom. The molecular weight excluding hydrogens is 167 g/mol. The van der Waals surface area contributed by atoms with Crippen molar-refractivity contribution in [1.29, 1.82) is 0 Å². The minimum atomic E-state index is 1.22. The van der Waals surface area contributed by atoms with Crippen molar-refractivity contribution in [3.05, 3.63) is 15.2 Å². The van der Waals surface area contributed by atoms with Crippen LogP contribution in [0, 0.1) is 0 Å². The zero-order valence-corrected chi connectivity index (χ0v) is 6.34. The molecule has 0 unspecified atom stereocenters. The zero-order chi connectivity index (χ0) is 5.28.